The molecule has 3 rings (SSSR count). The lowest BCUT2D eigenvalue weighted by Crippen LogP contribution is -2.45. The van der Waals surface area contributed by atoms with Crippen LogP contribution in [-0.2, 0) is 6.54 Å². The zero-order valence-corrected chi connectivity index (χ0v) is 20.8. The maximum atomic E-state index is 6.82. The molecular weight excluding hydrogens is 424 g/mol. The molecule has 3 aromatic rings. The van der Waals surface area contributed by atoms with E-state index < -0.39 is 0 Å². The fourth-order valence-corrected chi connectivity index (χ4v) is 4.85. The summed E-state index contributed by atoms with van der Waals surface area (Å²) in [5.41, 5.74) is 10.7. The number of nitrogens with two attached hydrogens (primary N) is 1. The Bertz CT molecular complexity index is 880. The maximum Gasteiger partial charge on any atom is 0.123 e. The Labute approximate surface area is 204 Å². The molecule has 0 aromatic heterocycles. The Hall–Kier alpha value is -2.27. The van der Waals surface area contributed by atoms with Crippen LogP contribution in [0.3, 0.4) is 0 Å². The van der Waals surface area contributed by atoms with Crippen molar-refractivity contribution in [1.29, 1.82) is 0 Å². The number of hydrogen-bond acceptors (Lipinski definition) is 4. The Morgan fingerprint density at radius 3 is 2.03 bits per heavy atom. The van der Waals surface area contributed by atoms with Crippen molar-refractivity contribution in [3.8, 4) is 5.75 Å². The second-order valence-electron chi connectivity index (χ2n) is 8.42. The van der Waals surface area contributed by atoms with Crippen LogP contribution in [0.4, 0.5) is 0 Å². The zero-order chi connectivity index (χ0) is 23.3. The first kappa shape index (κ1) is 25.4. The van der Waals surface area contributed by atoms with Gasteiger partial charge in [0.1, 0.15) is 5.75 Å². The summed E-state index contributed by atoms with van der Waals surface area (Å²) in [6, 6.07) is 30.2. The topological polar surface area (TPSA) is 47.3 Å². The number of hydrogen-bond donors (Lipinski definition) is 2. The van der Waals surface area contributed by atoms with Crippen LogP contribution >= 0.6 is 11.8 Å². The molecule has 3 nitrogen and oxygen atoms in total. The van der Waals surface area contributed by atoms with Crippen LogP contribution in [-0.4, -0.2) is 30.7 Å². The van der Waals surface area contributed by atoms with Gasteiger partial charge in [-0.2, -0.15) is 11.8 Å². The molecule has 0 fully saturated rings. The molecule has 2 atom stereocenters. The highest BCUT2D eigenvalue weighted by atomic mass is 32.2. The first-order valence-electron chi connectivity index (χ1n) is 12.0. The number of rotatable bonds is 14. The fourth-order valence-electron chi connectivity index (χ4n) is 4.36. The molecule has 0 saturated carbocycles. The van der Waals surface area contributed by atoms with Crippen molar-refractivity contribution in [3.63, 3.8) is 0 Å². The smallest absolute Gasteiger partial charge is 0.123 e. The normalized spacial score (nSPS) is 13.1. The van der Waals surface area contributed by atoms with Gasteiger partial charge in [0.15, 0.2) is 0 Å². The molecule has 4 heteroatoms. The van der Waals surface area contributed by atoms with Crippen molar-refractivity contribution in [2.75, 3.05) is 18.6 Å². The maximum absolute atomic E-state index is 6.82. The highest BCUT2D eigenvalue weighted by Crippen LogP contribution is 2.30. The van der Waals surface area contributed by atoms with E-state index in [2.05, 4.69) is 84.4 Å². The van der Waals surface area contributed by atoms with Crippen molar-refractivity contribution in [1.82, 2.24) is 5.32 Å². The third-order valence-electron chi connectivity index (χ3n) is 6.17. The lowest BCUT2D eigenvalue weighted by atomic mass is 9.85. The Morgan fingerprint density at radius 1 is 0.818 bits per heavy atom. The van der Waals surface area contributed by atoms with Gasteiger partial charge in [0.25, 0.3) is 0 Å². The van der Waals surface area contributed by atoms with Gasteiger partial charge in [0.2, 0.25) is 0 Å². The van der Waals surface area contributed by atoms with Crippen LogP contribution in [0.25, 0.3) is 0 Å². The number of benzene rings is 3. The molecule has 3 N–H and O–H groups in total. The van der Waals surface area contributed by atoms with Gasteiger partial charge in [0, 0.05) is 30.1 Å². The standard InChI is InChI=1S/C29H38N2OS/c1-3-32-29-17-11-10-16-25(29)22-31-28(20-21-33-2)27(30)19-18-26(23-12-6-4-7-13-23)24-14-8-5-9-15-24/h4-17,26-28,31H,3,18-22,30H2,1-2H3. The molecule has 33 heavy (non-hydrogen) atoms. The molecule has 0 saturated heterocycles. The number of para-hydroxylation sites is 1. The van der Waals surface area contributed by atoms with Crippen LogP contribution < -0.4 is 15.8 Å². The predicted octanol–water partition coefficient (Wildman–Crippen LogP) is 6.24. The molecule has 0 spiro atoms. The van der Waals surface area contributed by atoms with Crippen LogP contribution in [0.15, 0.2) is 84.9 Å². The van der Waals surface area contributed by atoms with Crippen LogP contribution in [0.2, 0.25) is 0 Å². The summed E-state index contributed by atoms with van der Waals surface area (Å²) < 4.78 is 5.81. The first-order valence-corrected chi connectivity index (χ1v) is 13.4. The van der Waals surface area contributed by atoms with Crippen LogP contribution in [0, 0.1) is 0 Å². The number of ether oxygens (including phenoxy) is 1. The third kappa shape index (κ3) is 7.92. The van der Waals surface area contributed by atoms with E-state index >= 15 is 0 Å². The molecule has 3 aromatic carbocycles. The van der Waals surface area contributed by atoms with E-state index in [-0.39, 0.29) is 12.1 Å². The van der Waals surface area contributed by atoms with E-state index in [0.717, 1.165) is 37.3 Å². The molecule has 0 radical (unpaired) electrons. The van der Waals surface area contributed by atoms with Gasteiger partial charge in [-0.15, -0.1) is 0 Å². The summed E-state index contributed by atoms with van der Waals surface area (Å²) in [4.78, 5) is 0. The van der Waals surface area contributed by atoms with E-state index in [1.165, 1.54) is 16.7 Å². The largest absolute Gasteiger partial charge is 0.494 e. The lowest BCUT2D eigenvalue weighted by Gasteiger charge is -2.27. The van der Waals surface area contributed by atoms with Crippen molar-refractivity contribution < 1.29 is 4.74 Å². The number of thioether (sulfide) groups is 1. The minimum atomic E-state index is 0.0892. The average Bonchev–Trinajstić information content (AvgIpc) is 2.86. The molecule has 0 aliphatic heterocycles. The summed E-state index contributed by atoms with van der Waals surface area (Å²) in [6.07, 6.45) is 5.21. The molecule has 0 bridgehead atoms. The predicted molar refractivity (Wildman–Crippen MR) is 143 cm³/mol. The highest BCUT2D eigenvalue weighted by molar-refractivity contribution is 7.98. The van der Waals surface area contributed by atoms with Gasteiger partial charge in [-0.3, -0.25) is 0 Å². The quantitative estimate of drug-likeness (QED) is 0.298. The van der Waals surface area contributed by atoms with E-state index in [9.17, 15) is 0 Å². The molecule has 2 unspecified atom stereocenters. The second-order valence-corrected chi connectivity index (χ2v) is 9.41. The Morgan fingerprint density at radius 2 is 1.42 bits per heavy atom. The Kier molecular flexibility index (Phi) is 10.8. The van der Waals surface area contributed by atoms with Crippen molar-refractivity contribution >= 4 is 11.8 Å². The summed E-state index contributed by atoms with van der Waals surface area (Å²) in [5.74, 6) is 2.41. The van der Waals surface area contributed by atoms with Crippen LogP contribution in [0.5, 0.6) is 5.75 Å². The highest BCUT2D eigenvalue weighted by Gasteiger charge is 2.21. The Balaban J connectivity index is 1.67. The van der Waals surface area contributed by atoms with E-state index in [1.54, 1.807) is 0 Å². The van der Waals surface area contributed by atoms with Gasteiger partial charge in [-0.05, 0) is 55.4 Å². The van der Waals surface area contributed by atoms with Gasteiger partial charge in [0.05, 0.1) is 6.61 Å². The molecule has 0 heterocycles. The average molecular weight is 463 g/mol. The summed E-state index contributed by atoms with van der Waals surface area (Å²) in [7, 11) is 0. The number of nitrogens with one attached hydrogen (secondary N) is 1. The molecular formula is C29H38N2OS. The van der Waals surface area contributed by atoms with Gasteiger partial charge in [-0.1, -0.05) is 78.9 Å². The van der Waals surface area contributed by atoms with Gasteiger partial charge in [-0.25, -0.2) is 0 Å². The SMILES string of the molecule is CCOc1ccccc1CNC(CCSC)C(N)CCC(c1ccccc1)c1ccccc1. The van der Waals surface area contributed by atoms with E-state index in [0.29, 0.717) is 12.5 Å². The summed E-state index contributed by atoms with van der Waals surface area (Å²) >= 11 is 1.88. The summed E-state index contributed by atoms with van der Waals surface area (Å²) in [5, 5.41) is 3.75. The molecule has 0 amide bonds. The fraction of sp³-hybridized carbons (Fsp3) is 0.379. The van der Waals surface area contributed by atoms with E-state index in [4.69, 9.17) is 10.5 Å². The zero-order valence-electron chi connectivity index (χ0n) is 20.0. The lowest BCUT2D eigenvalue weighted by molar-refractivity contribution is 0.332. The molecule has 176 valence electrons. The molecule has 0 aliphatic rings. The summed E-state index contributed by atoms with van der Waals surface area (Å²) in [6.45, 7) is 3.47. The van der Waals surface area contributed by atoms with E-state index in [1.807, 2.05) is 30.8 Å². The molecule has 0 aliphatic carbocycles. The van der Waals surface area contributed by atoms with Crippen molar-refractivity contribution in [2.24, 2.45) is 5.73 Å². The minimum Gasteiger partial charge on any atom is -0.494 e. The van der Waals surface area contributed by atoms with Crippen LogP contribution in [0.1, 0.15) is 48.8 Å². The van der Waals surface area contributed by atoms with Crippen molar-refractivity contribution in [3.05, 3.63) is 102 Å². The monoisotopic (exact) mass is 462 g/mol. The van der Waals surface area contributed by atoms with Gasteiger partial charge >= 0.3 is 0 Å². The first-order chi connectivity index (χ1) is 16.2. The second kappa shape index (κ2) is 14.1. The third-order valence-corrected chi connectivity index (χ3v) is 6.81. The van der Waals surface area contributed by atoms with Gasteiger partial charge < -0.3 is 15.8 Å². The van der Waals surface area contributed by atoms with Crippen molar-refractivity contribution in [2.45, 2.75) is 50.7 Å². The minimum absolute atomic E-state index is 0.0892.